The van der Waals surface area contributed by atoms with Crippen molar-refractivity contribution in [2.24, 2.45) is 0 Å². The van der Waals surface area contributed by atoms with Crippen LogP contribution in [0.3, 0.4) is 0 Å². The molecule has 0 aromatic heterocycles. The summed E-state index contributed by atoms with van der Waals surface area (Å²) in [6.07, 6.45) is 3.08. The molecule has 5 heteroatoms. The highest BCUT2D eigenvalue weighted by atomic mass is 79.9. The number of halogens is 3. The highest BCUT2D eigenvalue weighted by Gasteiger charge is 2.16. The van der Waals surface area contributed by atoms with Gasteiger partial charge >= 0.3 is 0 Å². The zero-order chi connectivity index (χ0) is 13.5. The number of alkyl halides is 1. The first-order chi connectivity index (χ1) is 8.56. The molecule has 1 amide bonds. The molecule has 0 radical (unpaired) electrons. The third-order valence-electron chi connectivity index (χ3n) is 2.63. The van der Waals surface area contributed by atoms with Crippen molar-refractivity contribution in [3.8, 4) is 0 Å². The minimum atomic E-state index is -0.476. The molecule has 2 nitrogen and oxygen atoms in total. The summed E-state index contributed by atoms with van der Waals surface area (Å²) in [6, 6.07) is 4.41. The molecule has 100 valence electrons. The van der Waals surface area contributed by atoms with Crippen molar-refractivity contribution >= 4 is 37.8 Å². The Hall–Kier alpha value is -0.420. The highest BCUT2D eigenvalue weighted by molar-refractivity contribution is 9.10. The highest BCUT2D eigenvalue weighted by Crippen LogP contribution is 2.17. The van der Waals surface area contributed by atoms with E-state index in [0.717, 1.165) is 24.6 Å². The van der Waals surface area contributed by atoms with Gasteiger partial charge in [-0.1, -0.05) is 38.3 Å². The summed E-state index contributed by atoms with van der Waals surface area (Å²) in [4.78, 5) is 13.6. The van der Waals surface area contributed by atoms with Gasteiger partial charge in [-0.2, -0.15) is 0 Å². The van der Waals surface area contributed by atoms with Crippen molar-refractivity contribution in [3.05, 3.63) is 34.1 Å². The van der Waals surface area contributed by atoms with Crippen LogP contribution in [0.4, 0.5) is 4.39 Å². The zero-order valence-electron chi connectivity index (χ0n) is 10.3. The fourth-order valence-electron chi connectivity index (χ4n) is 1.59. The molecule has 0 N–H and O–H groups in total. The van der Waals surface area contributed by atoms with E-state index in [1.807, 2.05) is 0 Å². The number of hydrogen-bond acceptors (Lipinski definition) is 1. The molecule has 0 unspecified atom stereocenters. The fraction of sp³-hybridized carbons (Fsp3) is 0.462. The summed E-state index contributed by atoms with van der Waals surface area (Å²) in [7, 11) is 1.71. The van der Waals surface area contributed by atoms with Gasteiger partial charge in [-0.3, -0.25) is 4.79 Å². The predicted octanol–water partition coefficient (Wildman–Crippen LogP) is 4.23. The van der Waals surface area contributed by atoms with Crippen LogP contribution in [0.15, 0.2) is 22.7 Å². The number of carbonyl (C=O) groups excluding carboxylic acids is 1. The molecule has 1 aromatic rings. The summed E-state index contributed by atoms with van der Waals surface area (Å²) in [5.74, 6) is -0.747. The quantitative estimate of drug-likeness (QED) is 0.534. The Kier molecular flexibility index (Phi) is 6.86. The van der Waals surface area contributed by atoms with E-state index in [4.69, 9.17) is 0 Å². The maximum atomic E-state index is 13.5. The van der Waals surface area contributed by atoms with Crippen LogP contribution in [0, 0.1) is 5.82 Å². The summed E-state index contributed by atoms with van der Waals surface area (Å²) in [5, 5.41) is 0.977. The van der Waals surface area contributed by atoms with Gasteiger partial charge in [0.1, 0.15) is 5.82 Å². The van der Waals surface area contributed by atoms with Crippen LogP contribution in [-0.4, -0.2) is 29.7 Å². The number of unbranched alkanes of at least 4 members (excludes halogenated alkanes) is 2. The molecule has 0 spiro atoms. The van der Waals surface area contributed by atoms with E-state index in [9.17, 15) is 9.18 Å². The van der Waals surface area contributed by atoms with Crippen molar-refractivity contribution in [3.63, 3.8) is 0 Å². The molecule has 0 atom stereocenters. The lowest BCUT2D eigenvalue weighted by Gasteiger charge is -2.17. The third-order valence-corrected chi connectivity index (χ3v) is 3.69. The average molecular weight is 381 g/mol. The molecule has 0 saturated carbocycles. The Bertz CT molecular complexity index is 412. The van der Waals surface area contributed by atoms with E-state index in [1.165, 1.54) is 12.1 Å². The van der Waals surface area contributed by atoms with Gasteiger partial charge in [-0.25, -0.2) is 4.39 Å². The molecule has 0 heterocycles. The SMILES string of the molecule is CN(CCCCCBr)C(=O)c1cc(Br)ccc1F. The summed E-state index contributed by atoms with van der Waals surface area (Å²) >= 11 is 6.61. The zero-order valence-corrected chi connectivity index (χ0v) is 13.4. The predicted molar refractivity (Wildman–Crippen MR) is 78.7 cm³/mol. The lowest BCUT2D eigenvalue weighted by atomic mass is 10.1. The first-order valence-corrected chi connectivity index (χ1v) is 7.74. The first-order valence-electron chi connectivity index (χ1n) is 5.82. The molecule has 18 heavy (non-hydrogen) atoms. The van der Waals surface area contributed by atoms with Crippen molar-refractivity contribution < 1.29 is 9.18 Å². The van der Waals surface area contributed by atoms with Gasteiger partial charge in [-0.15, -0.1) is 0 Å². The third kappa shape index (κ3) is 4.69. The number of nitrogens with zero attached hydrogens (tertiary/aromatic N) is 1. The average Bonchev–Trinajstić information content (AvgIpc) is 2.36. The molecule has 0 saturated heterocycles. The molecule has 1 rings (SSSR count). The first kappa shape index (κ1) is 15.6. The second-order valence-corrected chi connectivity index (χ2v) is 5.81. The van der Waals surface area contributed by atoms with Gasteiger partial charge in [-0.05, 0) is 31.0 Å². The van der Waals surface area contributed by atoms with E-state index >= 15 is 0 Å². The van der Waals surface area contributed by atoms with Gasteiger partial charge in [0.05, 0.1) is 5.56 Å². The number of amides is 1. The standard InChI is InChI=1S/C13H16Br2FNO/c1-17(8-4-2-3-7-14)13(18)11-9-10(15)5-6-12(11)16/h5-6,9H,2-4,7-8H2,1H3. The van der Waals surface area contributed by atoms with Crippen molar-refractivity contribution in [2.45, 2.75) is 19.3 Å². The second kappa shape index (κ2) is 7.89. The molecule has 1 aromatic carbocycles. The molecule has 0 aliphatic carbocycles. The van der Waals surface area contributed by atoms with E-state index in [2.05, 4.69) is 31.9 Å². The monoisotopic (exact) mass is 379 g/mol. The molecule has 0 aliphatic heterocycles. The van der Waals surface area contributed by atoms with E-state index in [0.29, 0.717) is 11.0 Å². The van der Waals surface area contributed by atoms with Crippen LogP contribution in [0.2, 0.25) is 0 Å². The Morgan fingerprint density at radius 1 is 1.33 bits per heavy atom. The van der Waals surface area contributed by atoms with E-state index in [-0.39, 0.29) is 11.5 Å². The van der Waals surface area contributed by atoms with Crippen LogP contribution >= 0.6 is 31.9 Å². The number of rotatable bonds is 6. The molecule has 0 bridgehead atoms. The number of hydrogen-bond donors (Lipinski definition) is 0. The molecule has 0 aliphatic rings. The normalized spacial score (nSPS) is 10.4. The lowest BCUT2D eigenvalue weighted by Crippen LogP contribution is -2.28. The van der Waals surface area contributed by atoms with E-state index < -0.39 is 5.82 Å². The molecular weight excluding hydrogens is 365 g/mol. The summed E-state index contributed by atoms with van der Waals surface area (Å²) in [6.45, 7) is 0.651. The van der Waals surface area contributed by atoms with Crippen LogP contribution in [0.25, 0.3) is 0 Å². The Balaban J connectivity index is 2.60. The van der Waals surface area contributed by atoms with Crippen molar-refractivity contribution in [2.75, 3.05) is 18.9 Å². The minimum Gasteiger partial charge on any atom is -0.342 e. The number of carbonyl (C=O) groups is 1. The van der Waals surface area contributed by atoms with Gasteiger partial charge < -0.3 is 4.90 Å². The Morgan fingerprint density at radius 3 is 2.72 bits per heavy atom. The Morgan fingerprint density at radius 2 is 2.06 bits per heavy atom. The smallest absolute Gasteiger partial charge is 0.256 e. The van der Waals surface area contributed by atoms with Crippen LogP contribution < -0.4 is 0 Å². The molecule has 0 fully saturated rings. The molecular formula is C13H16Br2FNO. The van der Waals surface area contributed by atoms with Gasteiger partial charge in [0.25, 0.3) is 5.91 Å². The second-order valence-electron chi connectivity index (χ2n) is 4.10. The van der Waals surface area contributed by atoms with E-state index in [1.54, 1.807) is 18.0 Å². The van der Waals surface area contributed by atoms with Gasteiger partial charge in [0.15, 0.2) is 0 Å². The number of benzene rings is 1. The Labute approximate surface area is 124 Å². The summed E-state index contributed by atoms with van der Waals surface area (Å²) in [5.41, 5.74) is 0.118. The maximum Gasteiger partial charge on any atom is 0.256 e. The lowest BCUT2D eigenvalue weighted by molar-refractivity contribution is 0.0788. The van der Waals surface area contributed by atoms with Gasteiger partial charge in [0, 0.05) is 23.4 Å². The topological polar surface area (TPSA) is 20.3 Å². The van der Waals surface area contributed by atoms with Crippen LogP contribution in [0.1, 0.15) is 29.6 Å². The van der Waals surface area contributed by atoms with Crippen LogP contribution in [0.5, 0.6) is 0 Å². The maximum absolute atomic E-state index is 13.5. The fourth-order valence-corrected chi connectivity index (χ4v) is 2.35. The van der Waals surface area contributed by atoms with Crippen molar-refractivity contribution in [1.82, 2.24) is 4.90 Å². The minimum absolute atomic E-state index is 0.118. The van der Waals surface area contributed by atoms with Gasteiger partial charge in [0.2, 0.25) is 0 Å². The summed E-state index contributed by atoms with van der Waals surface area (Å²) < 4.78 is 14.3. The van der Waals surface area contributed by atoms with Crippen LogP contribution in [-0.2, 0) is 0 Å². The van der Waals surface area contributed by atoms with Crippen molar-refractivity contribution in [1.29, 1.82) is 0 Å². The largest absolute Gasteiger partial charge is 0.342 e.